The second kappa shape index (κ2) is 3.91. The van der Waals surface area contributed by atoms with Gasteiger partial charge in [-0.3, -0.25) is 0 Å². The van der Waals surface area contributed by atoms with E-state index in [1.165, 1.54) is 11.3 Å². The zero-order valence-electron chi connectivity index (χ0n) is 12.6. The SMILES string of the molecule is CC1(C)C(=O)O[B-]2(c3ccc(Br)s3)OC(=O)C(C)(C)[N+]21C. The monoisotopic (exact) mass is 373 g/mol. The number of thiophene rings is 1. The van der Waals surface area contributed by atoms with Crippen LogP contribution in [0.3, 0.4) is 0 Å². The molecule has 2 saturated heterocycles. The van der Waals surface area contributed by atoms with Crippen LogP contribution in [0.4, 0.5) is 0 Å². The average Bonchev–Trinajstić information content (AvgIpc) is 2.91. The minimum Gasteiger partial charge on any atom is -0.595 e. The molecule has 1 aromatic heterocycles. The molecule has 21 heavy (non-hydrogen) atoms. The second-order valence-electron chi connectivity index (χ2n) is 6.82. The molecule has 3 heterocycles. The standard InChI is InChI=1S/C13H17BBrNO4S/c1-12(2)10(17)19-14(8-6-7-9(15)21-8)16(12,5)13(3,4)11(18)20-14/h6-7H,1-5H3. The van der Waals surface area contributed by atoms with E-state index < -0.39 is 17.8 Å². The van der Waals surface area contributed by atoms with E-state index in [1.54, 1.807) is 0 Å². The van der Waals surface area contributed by atoms with Crippen LogP contribution in [-0.4, -0.2) is 41.1 Å². The Hall–Kier alpha value is -0.855. The molecule has 2 aliphatic rings. The third kappa shape index (κ3) is 1.41. The first-order valence-electron chi connectivity index (χ1n) is 6.74. The smallest absolute Gasteiger partial charge is 0.595 e. The van der Waals surface area contributed by atoms with Gasteiger partial charge in [0.15, 0.2) is 11.1 Å². The van der Waals surface area contributed by atoms with Gasteiger partial charge in [-0.25, -0.2) is 9.59 Å². The molecule has 8 heteroatoms. The fraction of sp³-hybridized carbons (Fsp3) is 0.538. The average molecular weight is 374 g/mol. The molecule has 0 atom stereocenters. The van der Waals surface area contributed by atoms with E-state index in [4.69, 9.17) is 9.31 Å². The third-order valence-corrected chi connectivity index (χ3v) is 7.24. The summed E-state index contributed by atoms with van der Waals surface area (Å²) in [6.45, 7) is 5.01. The van der Waals surface area contributed by atoms with Crippen molar-refractivity contribution < 1.29 is 23.3 Å². The van der Waals surface area contributed by atoms with Gasteiger partial charge in [0.1, 0.15) is 0 Å². The molecule has 2 aliphatic heterocycles. The van der Waals surface area contributed by atoms with Crippen LogP contribution in [0.2, 0.25) is 0 Å². The maximum Gasteiger partial charge on any atom is 0.625 e. The normalized spacial score (nSPS) is 36.3. The second-order valence-corrected chi connectivity index (χ2v) is 9.31. The first kappa shape index (κ1) is 15.1. The lowest BCUT2D eigenvalue weighted by Gasteiger charge is -2.54. The van der Waals surface area contributed by atoms with Crippen LogP contribution in [-0.2, 0) is 18.9 Å². The number of nitrogens with zero attached hydrogens (tertiary/aromatic N) is 1. The Bertz CT molecular complexity index is 639. The van der Waals surface area contributed by atoms with Gasteiger partial charge in [-0.15, -0.1) is 0 Å². The molecular weight excluding hydrogens is 357 g/mol. The number of rotatable bonds is 1. The van der Waals surface area contributed by atoms with Crippen LogP contribution in [0.25, 0.3) is 0 Å². The highest BCUT2D eigenvalue weighted by Crippen LogP contribution is 2.52. The molecule has 5 nitrogen and oxygen atoms in total. The summed E-state index contributed by atoms with van der Waals surface area (Å²) in [4.78, 5) is 24.9. The summed E-state index contributed by atoms with van der Waals surface area (Å²) in [5.41, 5.74) is -1.74. The molecule has 0 radical (unpaired) electrons. The maximum absolute atomic E-state index is 12.5. The van der Waals surface area contributed by atoms with E-state index in [9.17, 15) is 9.59 Å². The Balaban J connectivity index is 2.33. The number of fused-ring (bicyclic) bond motifs is 1. The molecule has 1 aromatic rings. The highest BCUT2D eigenvalue weighted by Gasteiger charge is 2.80. The minimum atomic E-state index is -2.23. The summed E-state index contributed by atoms with van der Waals surface area (Å²) < 4.78 is 13.3. The molecule has 0 N–H and O–H groups in total. The first-order chi connectivity index (χ1) is 9.50. The van der Waals surface area contributed by atoms with Crippen molar-refractivity contribution >= 4 is 50.7 Å². The van der Waals surface area contributed by atoms with Crippen LogP contribution in [0.15, 0.2) is 15.9 Å². The molecule has 3 rings (SSSR count). The van der Waals surface area contributed by atoms with E-state index >= 15 is 0 Å². The molecule has 114 valence electrons. The van der Waals surface area contributed by atoms with Crippen molar-refractivity contribution in [2.75, 3.05) is 7.05 Å². The van der Waals surface area contributed by atoms with Crippen molar-refractivity contribution in [1.29, 1.82) is 0 Å². The minimum absolute atomic E-state index is 0.102. The fourth-order valence-electron chi connectivity index (χ4n) is 3.64. The molecule has 0 saturated carbocycles. The Labute approximate surface area is 135 Å². The Morgan fingerprint density at radius 3 is 1.95 bits per heavy atom. The quantitative estimate of drug-likeness (QED) is 0.704. The van der Waals surface area contributed by atoms with E-state index in [0.717, 1.165) is 8.56 Å². The Morgan fingerprint density at radius 1 is 1.10 bits per heavy atom. The molecule has 0 aliphatic carbocycles. The number of quaternary nitrogens is 1. The number of halogens is 1. The zero-order valence-corrected chi connectivity index (χ0v) is 15.0. The van der Waals surface area contributed by atoms with Crippen LogP contribution in [0.5, 0.6) is 0 Å². The Morgan fingerprint density at radius 2 is 1.57 bits per heavy atom. The molecule has 2 fully saturated rings. The van der Waals surface area contributed by atoms with Gasteiger partial charge in [0.25, 0.3) is 0 Å². The lowest BCUT2D eigenvalue weighted by Crippen LogP contribution is -2.77. The van der Waals surface area contributed by atoms with Gasteiger partial charge in [-0.05, 0) is 49.7 Å². The predicted molar refractivity (Wildman–Crippen MR) is 83.9 cm³/mol. The van der Waals surface area contributed by atoms with Crippen molar-refractivity contribution in [3.63, 3.8) is 0 Å². The van der Waals surface area contributed by atoms with Crippen molar-refractivity contribution in [3.8, 4) is 0 Å². The number of hydrogen-bond donors (Lipinski definition) is 0. The molecule has 0 bridgehead atoms. The number of likely N-dealkylation sites (N-methyl/N-ethyl adjacent to an activating group) is 1. The lowest BCUT2D eigenvalue weighted by atomic mass is 9.62. The van der Waals surface area contributed by atoms with Crippen LogP contribution in [0, 0.1) is 0 Å². The number of carbonyl (C=O) groups is 2. The highest BCUT2D eigenvalue weighted by atomic mass is 79.9. The molecule has 0 spiro atoms. The Kier molecular flexibility index (Phi) is 2.80. The summed E-state index contributed by atoms with van der Waals surface area (Å²) in [7, 11) is 1.88. The van der Waals surface area contributed by atoms with E-state index in [1.807, 2.05) is 46.9 Å². The van der Waals surface area contributed by atoms with E-state index in [-0.39, 0.29) is 16.3 Å². The summed E-state index contributed by atoms with van der Waals surface area (Å²) in [5, 5.41) is 0. The number of hydrogen-bond acceptors (Lipinski definition) is 5. The summed E-state index contributed by atoms with van der Waals surface area (Å²) in [6, 6.07) is 3.73. The van der Waals surface area contributed by atoms with Crippen LogP contribution in [0.1, 0.15) is 27.7 Å². The topological polar surface area (TPSA) is 52.6 Å². The first-order valence-corrected chi connectivity index (χ1v) is 8.35. The summed E-state index contributed by atoms with van der Waals surface area (Å²) in [5.74, 6) is -0.676. The summed E-state index contributed by atoms with van der Waals surface area (Å²) >= 11 is 4.85. The van der Waals surface area contributed by atoms with Crippen molar-refractivity contribution in [3.05, 3.63) is 15.9 Å². The van der Waals surface area contributed by atoms with Gasteiger partial charge in [-0.2, -0.15) is 11.3 Å². The van der Waals surface area contributed by atoms with E-state index in [0.29, 0.717) is 0 Å². The third-order valence-electron chi connectivity index (χ3n) is 5.49. The highest BCUT2D eigenvalue weighted by molar-refractivity contribution is 9.11. The predicted octanol–water partition coefficient (Wildman–Crippen LogP) is 1.77. The van der Waals surface area contributed by atoms with Crippen molar-refractivity contribution in [1.82, 2.24) is 0 Å². The van der Waals surface area contributed by atoms with Gasteiger partial charge in [0.2, 0.25) is 0 Å². The molecular formula is C13H17BBrNO4S. The van der Waals surface area contributed by atoms with E-state index in [2.05, 4.69) is 15.9 Å². The van der Waals surface area contributed by atoms with Gasteiger partial charge in [-0.1, -0.05) is 6.07 Å². The number of carbonyl (C=O) groups excluding carboxylic acids is 2. The molecule has 0 unspecified atom stereocenters. The van der Waals surface area contributed by atoms with Gasteiger partial charge < -0.3 is 13.7 Å². The van der Waals surface area contributed by atoms with Gasteiger partial charge >= 0.3 is 18.6 Å². The maximum atomic E-state index is 12.5. The van der Waals surface area contributed by atoms with Gasteiger partial charge in [0.05, 0.1) is 3.79 Å². The fourth-order valence-corrected chi connectivity index (χ4v) is 5.28. The summed E-state index contributed by atoms with van der Waals surface area (Å²) in [6.07, 6.45) is 0. The largest absolute Gasteiger partial charge is 0.625 e. The molecule has 0 aromatic carbocycles. The van der Waals surface area contributed by atoms with Crippen LogP contribution >= 0.6 is 27.3 Å². The van der Waals surface area contributed by atoms with Crippen LogP contribution < -0.4 is 4.78 Å². The molecule has 0 amide bonds. The lowest BCUT2D eigenvalue weighted by molar-refractivity contribution is -0.885. The van der Waals surface area contributed by atoms with Crippen molar-refractivity contribution in [2.24, 2.45) is 0 Å². The van der Waals surface area contributed by atoms with Crippen molar-refractivity contribution in [2.45, 2.75) is 38.8 Å². The van der Waals surface area contributed by atoms with Gasteiger partial charge in [0, 0.05) is 11.8 Å². The zero-order chi connectivity index (χ0) is 15.8.